The maximum atomic E-state index is 11.9. The van der Waals surface area contributed by atoms with Crippen LogP contribution < -0.4 is 4.74 Å². The smallest absolute Gasteiger partial charge is 0.323 e. The summed E-state index contributed by atoms with van der Waals surface area (Å²) in [6.45, 7) is 6.39. The third-order valence-corrected chi connectivity index (χ3v) is 4.31. The number of hydrogen-bond acceptors (Lipinski definition) is 4. The summed E-state index contributed by atoms with van der Waals surface area (Å²) in [6.07, 6.45) is 2.95. The summed E-state index contributed by atoms with van der Waals surface area (Å²) in [6, 6.07) is 8.15. The molecular weight excluding hydrogens is 278 g/mol. The Morgan fingerprint density at radius 1 is 1.27 bits per heavy atom. The van der Waals surface area contributed by atoms with E-state index in [1.54, 1.807) is 7.11 Å². The number of carbonyl (C=O) groups excluding carboxylic acids is 1. The second-order valence-electron chi connectivity index (χ2n) is 6.84. The van der Waals surface area contributed by atoms with Crippen molar-refractivity contribution in [1.82, 2.24) is 4.90 Å². The molecule has 0 N–H and O–H groups in total. The largest absolute Gasteiger partial charge is 0.497 e. The second kappa shape index (κ2) is 7.14. The minimum atomic E-state index is -0.0993. The molecule has 0 aliphatic carbocycles. The van der Waals surface area contributed by atoms with Crippen LogP contribution in [0, 0.1) is 5.41 Å². The predicted octanol–water partition coefficient (Wildman–Crippen LogP) is 2.90. The van der Waals surface area contributed by atoms with Crippen LogP contribution >= 0.6 is 0 Å². The van der Waals surface area contributed by atoms with Gasteiger partial charge in [-0.15, -0.1) is 0 Å². The first-order valence-corrected chi connectivity index (χ1v) is 7.90. The van der Waals surface area contributed by atoms with Gasteiger partial charge in [0.05, 0.1) is 14.2 Å². The van der Waals surface area contributed by atoms with Crippen molar-refractivity contribution in [2.24, 2.45) is 5.41 Å². The Morgan fingerprint density at radius 2 is 1.95 bits per heavy atom. The molecule has 1 unspecified atom stereocenters. The fraction of sp³-hybridized carbons (Fsp3) is 0.611. The highest BCUT2D eigenvalue weighted by atomic mass is 16.5. The lowest BCUT2D eigenvalue weighted by atomic mass is 9.85. The highest BCUT2D eigenvalue weighted by molar-refractivity contribution is 5.75. The van der Waals surface area contributed by atoms with Crippen molar-refractivity contribution in [2.75, 3.05) is 27.3 Å². The number of ether oxygens (including phenoxy) is 2. The lowest BCUT2D eigenvalue weighted by Gasteiger charge is -2.33. The standard InChI is InChI=1S/C18H27NO3/c1-18(2,12-14-7-9-15(21-3)10-8-14)13-19-11-5-6-16(19)17(20)22-4/h7-10,16H,5-6,11-13H2,1-4H3. The molecule has 1 aliphatic rings. The van der Waals surface area contributed by atoms with E-state index < -0.39 is 0 Å². The Hall–Kier alpha value is -1.55. The number of esters is 1. The normalized spacial score (nSPS) is 19.2. The third-order valence-electron chi connectivity index (χ3n) is 4.31. The van der Waals surface area contributed by atoms with E-state index >= 15 is 0 Å². The number of rotatable bonds is 6. The fourth-order valence-corrected chi connectivity index (χ4v) is 3.32. The molecular formula is C18H27NO3. The maximum Gasteiger partial charge on any atom is 0.323 e. The van der Waals surface area contributed by atoms with E-state index in [9.17, 15) is 4.79 Å². The highest BCUT2D eigenvalue weighted by Crippen LogP contribution is 2.28. The molecule has 0 radical (unpaired) electrons. The van der Waals surface area contributed by atoms with Gasteiger partial charge in [0.15, 0.2) is 0 Å². The quantitative estimate of drug-likeness (QED) is 0.758. The zero-order chi connectivity index (χ0) is 16.2. The van der Waals surface area contributed by atoms with Gasteiger partial charge >= 0.3 is 5.97 Å². The van der Waals surface area contributed by atoms with Crippen molar-refractivity contribution in [3.8, 4) is 5.75 Å². The van der Waals surface area contributed by atoms with Crippen LogP contribution in [0.25, 0.3) is 0 Å². The molecule has 0 spiro atoms. The SMILES string of the molecule is COC(=O)C1CCCN1CC(C)(C)Cc1ccc(OC)cc1. The molecule has 122 valence electrons. The number of nitrogens with zero attached hydrogens (tertiary/aromatic N) is 1. The number of hydrogen-bond donors (Lipinski definition) is 0. The van der Waals surface area contributed by atoms with Crippen molar-refractivity contribution >= 4 is 5.97 Å². The Balaban J connectivity index is 1.98. The molecule has 2 rings (SSSR count). The summed E-state index contributed by atoms with van der Waals surface area (Å²) in [5.74, 6) is 0.782. The van der Waals surface area contributed by atoms with Crippen molar-refractivity contribution in [2.45, 2.75) is 39.2 Å². The molecule has 4 heteroatoms. The average Bonchev–Trinajstić information content (AvgIpc) is 2.94. The summed E-state index contributed by atoms with van der Waals surface area (Å²) in [5, 5.41) is 0. The molecule has 0 saturated carbocycles. The summed E-state index contributed by atoms with van der Waals surface area (Å²) in [7, 11) is 3.15. The predicted molar refractivity (Wildman–Crippen MR) is 87.1 cm³/mol. The van der Waals surface area contributed by atoms with E-state index in [0.717, 1.165) is 38.1 Å². The zero-order valence-electron chi connectivity index (χ0n) is 14.1. The highest BCUT2D eigenvalue weighted by Gasteiger charge is 2.34. The third kappa shape index (κ3) is 4.23. The van der Waals surface area contributed by atoms with Crippen LogP contribution in [0.2, 0.25) is 0 Å². The Labute approximate surface area is 133 Å². The molecule has 1 aliphatic heterocycles. The van der Waals surface area contributed by atoms with Gasteiger partial charge in [-0.05, 0) is 48.9 Å². The summed E-state index contributed by atoms with van der Waals surface area (Å²) < 4.78 is 10.1. The van der Waals surface area contributed by atoms with E-state index in [2.05, 4.69) is 30.9 Å². The van der Waals surface area contributed by atoms with E-state index in [-0.39, 0.29) is 17.4 Å². The molecule has 1 fully saturated rings. The minimum Gasteiger partial charge on any atom is -0.497 e. The molecule has 1 heterocycles. The molecule has 1 aromatic carbocycles. The van der Waals surface area contributed by atoms with Crippen LogP contribution in [0.1, 0.15) is 32.3 Å². The number of carbonyl (C=O) groups is 1. The fourth-order valence-electron chi connectivity index (χ4n) is 3.32. The maximum absolute atomic E-state index is 11.9. The van der Waals surface area contributed by atoms with Crippen molar-refractivity contribution in [3.63, 3.8) is 0 Å². The van der Waals surface area contributed by atoms with Crippen LogP contribution in [0.15, 0.2) is 24.3 Å². The zero-order valence-corrected chi connectivity index (χ0v) is 14.1. The van der Waals surface area contributed by atoms with E-state index in [0.29, 0.717) is 0 Å². The molecule has 22 heavy (non-hydrogen) atoms. The second-order valence-corrected chi connectivity index (χ2v) is 6.84. The van der Waals surface area contributed by atoms with E-state index in [1.807, 2.05) is 12.1 Å². The van der Waals surface area contributed by atoms with Crippen LogP contribution in [-0.4, -0.2) is 44.2 Å². The van der Waals surface area contributed by atoms with E-state index in [1.165, 1.54) is 12.7 Å². The van der Waals surface area contributed by atoms with Crippen LogP contribution in [0.4, 0.5) is 0 Å². The van der Waals surface area contributed by atoms with Crippen LogP contribution in [0.3, 0.4) is 0 Å². The van der Waals surface area contributed by atoms with Crippen LogP contribution in [0.5, 0.6) is 5.75 Å². The number of methoxy groups -OCH3 is 2. The Bertz CT molecular complexity index is 496. The molecule has 1 aromatic rings. The molecule has 1 atom stereocenters. The van der Waals surface area contributed by atoms with Gasteiger partial charge in [-0.1, -0.05) is 26.0 Å². The Morgan fingerprint density at radius 3 is 2.55 bits per heavy atom. The van der Waals surface area contributed by atoms with Gasteiger partial charge in [-0.25, -0.2) is 0 Å². The number of likely N-dealkylation sites (tertiary alicyclic amines) is 1. The van der Waals surface area contributed by atoms with Crippen molar-refractivity contribution < 1.29 is 14.3 Å². The van der Waals surface area contributed by atoms with Gasteiger partial charge in [0.1, 0.15) is 11.8 Å². The van der Waals surface area contributed by atoms with Crippen molar-refractivity contribution in [1.29, 1.82) is 0 Å². The summed E-state index contributed by atoms with van der Waals surface area (Å²) in [4.78, 5) is 14.1. The average molecular weight is 305 g/mol. The topological polar surface area (TPSA) is 38.8 Å². The van der Waals surface area contributed by atoms with Crippen molar-refractivity contribution in [3.05, 3.63) is 29.8 Å². The molecule has 0 aromatic heterocycles. The first-order chi connectivity index (χ1) is 10.4. The van der Waals surface area contributed by atoms with E-state index in [4.69, 9.17) is 9.47 Å². The first kappa shape index (κ1) is 16.8. The summed E-state index contributed by atoms with van der Waals surface area (Å²) >= 11 is 0. The lowest BCUT2D eigenvalue weighted by molar-refractivity contribution is -0.146. The molecule has 4 nitrogen and oxygen atoms in total. The van der Waals surface area contributed by atoms with Gasteiger partial charge in [0.2, 0.25) is 0 Å². The minimum absolute atomic E-state index is 0.0693. The van der Waals surface area contributed by atoms with Gasteiger partial charge in [0, 0.05) is 6.54 Å². The monoisotopic (exact) mass is 305 g/mol. The molecule has 0 bridgehead atoms. The van der Waals surface area contributed by atoms with Crippen LogP contribution in [-0.2, 0) is 16.0 Å². The number of benzene rings is 1. The first-order valence-electron chi connectivity index (χ1n) is 7.90. The van der Waals surface area contributed by atoms with Gasteiger partial charge in [0.25, 0.3) is 0 Å². The molecule has 1 saturated heterocycles. The summed E-state index contributed by atoms with van der Waals surface area (Å²) in [5.41, 5.74) is 1.39. The van der Waals surface area contributed by atoms with Gasteiger partial charge in [-0.3, -0.25) is 9.69 Å². The lowest BCUT2D eigenvalue weighted by Crippen LogP contribution is -2.42. The molecule has 0 amide bonds. The Kier molecular flexibility index (Phi) is 5.46. The van der Waals surface area contributed by atoms with Gasteiger partial charge < -0.3 is 9.47 Å². The van der Waals surface area contributed by atoms with Gasteiger partial charge in [-0.2, -0.15) is 0 Å².